The first-order valence-electron chi connectivity index (χ1n) is 11.5. The number of fused-ring (bicyclic) bond motifs is 2. The van der Waals surface area contributed by atoms with Crippen LogP contribution in [0.2, 0.25) is 0 Å². The molecule has 4 aromatic rings. The smallest absolute Gasteiger partial charge is 0.253 e. The van der Waals surface area contributed by atoms with Crippen LogP contribution >= 0.6 is 0 Å². The van der Waals surface area contributed by atoms with E-state index in [1.807, 2.05) is 52.0 Å². The third-order valence-electron chi connectivity index (χ3n) is 6.25. The number of aromatic amines is 1. The number of aryl methyl sites for hydroxylation is 2. The van der Waals surface area contributed by atoms with Gasteiger partial charge >= 0.3 is 0 Å². The first-order chi connectivity index (χ1) is 16.7. The normalized spacial score (nSPS) is 12.8. The van der Waals surface area contributed by atoms with E-state index in [1.54, 1.807) is 16.9 Å². The fourth-order valence-electron chi connectivity index (χ4n) is 4.47. The molecule has 0 saturated carbocycles. The Morgan fingerprint density at radius 2 is 1.97 bits per heavy atom. The Labute approximate surface area is 201 Å². The molecule has 0 saturated heterocycles. The monoisotopic (exact) mass is 470 g/mol. The molecule has 0 unspecified atom stereocenters. The van der Waals surface area contributed by atoms with Crippen molar-refractivity contribution < 1.29 is 9.59 Å². The van der Waals surface area contributed by atoms with Crippen LogP contribution in [0.1, 0.15) is 52.6 Å². The average molecular weight is 471 g/mol. The zero-order valence-electron chi connectivity index (χ0n) is 20.0. The Morgan fingerprint density at radius 3 is 2.71 bits per heavy atom. The minimum atomic E-state index is -0.323. The summed E-state index contributed by atoms with van der Waals surface area (Å²) in [5, 5.41) is 10.8. The van der Waals surface area contributed by atoms with Gasteiger partial charge in [0.1, 0.15) is 0 Å². The molecule has 1 aliphatic heterocycles. The number of hydrogen-bond donors (Lipinski definition) is 3. The molecule has 0 aliphatic carbocycles. The summed E-state index contributed by atoms with van der Waals surface area (Å²) < 4.78 is 1.78. The molecule has 3 N–H and O–H groups in total. The molecular weight excluding hydrogens is 444 g/mol. The predicted octanol–water partition coefficient (Wildman–Crippen LogP) is 3.41. The molecule has 9 nitrogen and oxygen atoms in total. The summed E-state index contributed by atoms with van der Waals surface area (Å²) in [5.41, 5.74) is 5.98. The van der Waals surface area contributed by atoms with Crippen molar-refractivity contribution in [3.8, 4) is 11.3 Å². The lowest BCUT2D eigenvalue weighted by Crippen LogP contribution is -2.28. The highest BCUT2D eigenvalue weighted by molar-refractivity contribution is 6.06. The van der Waals surface area contributed by atoms with Crippen molar-refractivity contribution >= 4 is 28.5 Å². The van der Waals surface area contributed by atoms with Crippen LogP contribution in [0.25, 0.3) is 22.3 Å². The summed E-state index contributed by atoms with van der Waals surface area (Å²) in [6.07, 6.45) is 2.00. The number of nitrogens with zero attached hydrogens (tertiary/aromatic N) is 3. The van der Waals surface area contributed by atoms with Gasteiger partial charge in [-0.05, 0) is 57.0 Å². The fourth-order valence-corrected chi connectivity index (χ4v) is 4.47. The van der Waals surface area contributed by atoms with E-state index in [9.17, 15) is 14.4 Å². The van der Waals surface area contributed by atoms with Crippen molar-refractivity contribution in [3.63, 3.8) is 0 Å². The summed E-state index contributed by atoms with van der Waals surface area (Å²) in [6.45, 7) is 7.77. The third-order valence-corrected chi connectivity index (χ3v) is 6.25. The molecule has 0 atom stereocenters. The number of rotatable bonds is 5. The van der Waals surface area contributed by atoms with Gasteiger partial charge in [0, 0.05) is 35.1 Å². The Balaban J connectivity index is 1.56. The van der Waals surface area contributed by atoms with E-state index in [0.29, 0.717) is 34.3 Å². The molecule has 2 amide bonds. The number of carbonyl (C=O) groups is 2. The van der Waals surface area contributed by atoms with Gasteiger partial charge in [0.15, 0.2) is 5.65 Å². The molecular formula is C26H26N6O3. The summed E-state index contributed by atoms with van der Waals surface area (Å²) in [4.78, 5) is 45.2. The Morgan fingerprint density at radius 1 is 1.17 bits per heavy atom. The van der Waals surface area contributed by atoms with Gasteiger partial charge < -0.3 is 15.6 Å². The van der Waals surface area contributed by atoms with Crippen LogP contribution in [0.5, 0.6) is 0 Å². The second-order valence-electron chi connectivity index (χ2n) is 9.20. The van der Waals surface area contributed by atoms with Crippen LogP contribution in [0.15, 0.2) is 41.3 Å². The molecule has 4 heterocycles. The van der Waals surface area contributed by atoms with Crippen molar-refractivity contribution in [2.24, 2.45) is 0 Å². The number of carbonyl (C=O) groups excluding carboxylic acids is 2. The average Bonchev–Trinajstić information content (AvgIpc) is 3.39. The lowest BCUT2D eigenvalue weighted by Gasteiger charge is -2.12. The lowest BCUT2D eigenvalue weighted by atomic mass is 10.0. The number of aromatic nitrogens is 4. The van der Waals surface area contributed by atoms with E-state index in [4.69, 9.17) is 4.98 Å². The maximum atomic E-state index is 13.4. The lowest BCUT2D eigenvalue weighted by molar-refractivity contribution is -0.115. The van der Waals surface area contributed by atoms with Gasteiger partial charge in [-0.1, -0.05) is 12.1 Å². The van der Waals surface area contributed by atoms with Crippen molar-refractivity contribution in [1.29, 1.82) is 0 Å². The summed E-state index contributed by atoms with van der Waals surface area (Å²) in [7, 11) is 0. The molecule has 35 heavy (non-hydrogen) atoms. The van der Waals surface area contributed by atoms with E-state index >= 15 is 0 Å². The van der Waals surface area contributed by atoms with Crippen molar-refractivity contribution in [2.45, 2.75) is 46.7 Å². The Kier molecular flexibility index (Phi) is 5.47. The highest BCUT2D eigenvalue weighted by atomic mass is 16.2. The van der Waals surface area contributed by atoms with Crippen LogP contribution in [-0.4, -0.2) is 31.6 Å². The van der Waals surface area contributed by atoms with Gasteiger partial charge in [0.2, 0.25) is 5.91 Å². The minimum Gasteiger partial charge on any atom is -0.348 e. The van der Waals surface area contributed by atoms with Gasteiger partial charge in [-0.2, -0.15) is 5.10 Å². The van der Waals surface area contributed by atoms with Gasteiger partial charge in [-0.15, -0.1) is 0 Å². The van der Waals surface area contributed by atoms with Crippen molar-refractivity contribution in [3.05, 3.63) is 74.8 Å². The molecule has 3 aromatic heterocycles. The highest BCUT2D eigenvalue weighted by Gasteiger charge is 2.21. The molecule has 0 spiro atoms. The molecule has 1 aliphatic rings. The van der Waals surface area contributed by atoms with Crippen molar-refractivity contribution in [1.82, 2.24) is 25.1 Å². The largest absolute Gasteiger partial charge is 0.348 e. The SMILES string of the molecule is Cc1cc(C)c(CNC(=O)c2cc(-c3ccc4c(c3)NC(=O)C4)nc3c2cnn3C(C)C)c(=O)[nH]1. The molecule has 0 radical (unpaired) electrons. The quantitative estimate of drug-likeness (QED) is 0.413. The van der Waals surface area contributed by atoms with Gasteiger partial charge in [-0.25, -0.2) is 9.67 Å². The molecule has 0 fully saturated rings. The molecule has 5 rings (SSSR count). The number of pyridine rings is 2. The van der Waals surface area contributed by atoms with Crippen LogP contribution in [0.3, 0.4) is 0 Å². The molecule has 0 bridgehead atoms. The zero-order chi connectivity index (χ0) is 24.9. The molecule has 9 heteroatoms. The number of H-pyrrole nitrogens is 1. The topological polar surface area (TPSA) is 122 Å². The summed E-state index contributed by atoms with van der Waals surface area (Å²) >= 11 is 0. The molecule has 1 aromatic carbocycles. The number of anilines is 1. The Hall–Kier alpha value is -4.27. The van der Waals surface area contributed by atoms with Gasteiger partial charge in [-0.3, -0.25) is 14.4 Å². The third kappa shape index (κ3) is 4.09. The fraction of sp³-hybridized carbons (Fsp3) is 0.269. The van der Waals surface area contributed by atoms with Crippen LogP contribution in [-0.2, 0) is 17.8 Å². The summed E-state index contributed by atoms with van der Waals surface area (Å²) in [6, 6.07) is 9.33. The maximum Gasteiger partial charge on any atom is 0.253 e. The number of amides is 2. The number of benzene rings is 1. The zero-order valence-corrected chi connectivity index (χ0v) is 20.0. The first-order valence-corrected chi connectivity index (χ1v) is 11.5. The highest BCUT2D eigenvalue weighted by Crippen LogP contribution is 2.31. The van der Waals surface area contributed by atoms with E-state index < -0.39 is 0 Å². The second kappa shape index (κ2) is 8.50. The van der Waals surface area contributed by atoms with Crippen LogP contribution < -0.4 is 16.2 Å². The number of nitrogens with one attached hydrogen (secondary N) is 3. The summed E-state index contributed by atoms with van der Waals surface area (Å²) in [5.74, 6) is -0.365. The minimum absolute atomic E-state index is 0.0410. The Bertz CT molecular complexity index is 1560. The van der Waals surface area contributed by atoms with Crippen LogP contribution in [0, 0.1) is 13.8 Å². The number of hydrogen-bond acceptors (Lipinski definition) is 5. The van der Waals surface area contributed by atoms with E-state index in [-0.39, 0.29) is 30.0 Å². The standard InChI is InChI=1S/C26H26N6O3/c1-13(2)32-24-20(12-28-32)18(25(34)27-11-19-14(3)7-15(4)29-26(19)35)10-22(31-24)16-5-6-17-9-23(33)30-21(17)8-16/h5-8,10,12-13H,9,11H2,1-4H3,(H,27,34)(H,29,35)(H,30,33). The van der Waals surface area contributed by atoms with Gasteiger partial charge in [0.25, 0.3) is 11.5 Å². The predicted molar refractivity (Wildman–Crippen MR) is 133 cm³/mol. The van der Waals surface area contributed by atoms with E-state index in [1.165, 1.54) is 0 Å². The van der Waals surface area contributed by atoms with Crippen molar-refractivity contribution in [2.75, 3.05) is 5.32 Å². The maximum absolute atomic E-state index is 13.4. The molecule has 178 valence electrons. The van der Waals surface area contributed by atoms with Crippen LogP contribution in [0.4, 0.5) is 5.69 Å². The van der Waals surface area contributed by atoms with Gasteiger partial charge in [0.05, 0.1) is 29.3 Å². The van der Waals surface area contributed by atoms with E-state index in [2.05, 4.69) is 20.7 Å². The second-order valence-corrected chi connectivity index (χ2v) is 9.20. The first kappa shape index (κ1) is 22.5. The van der Waals surface area contributed by atoms with E-state index in [0.717, 1.165) is 28.1 Å².